The van der Waals surface area contributed by atoms with Gasteiger partial charge >= 0.3 is 0 Å². The molecular weight excluding hydrogens is 300 g/mol. The highest BCUT2D eigenvalue weighted by Crippen LogP contribution is 2.22. The summed E-state index contributed by atoms with van der Waals surface area (Å²) in [6.45, 7) is 3.95. The standard InChI is InChI=1S/C15H18N4O2S/c1-2-13-17-15(22-18-13)16-7-8-19-9-11-5-3-4-6-12(11)21-10-14(19)20/h3-6H,2,7-10H2,1H3,(H,16,17,18). The van der Waals surface area contributed by atoms with E-state index in [-0.39, 0.29) is 12.5 Å². The highest BCUT2D eigenvalue weighted by molar-refractivity contribution is 7.09. The van der Waals surface area contributed by atoms with Crippen LogP contribution in [-0.2, 0) is 17.8 Å². The molecule has 3 rings (SSSR count). The van der Waals surface area contributed by atoms with Crippen molar-refractivity contribution in [3.63, 3.8) is 0 Å². The average Bonchev–Trinajstić information content (AvgIpc) is 2.94. The van der Waals surface area contributed by atoms with E-state index in [1.807, 2.05) is 31.2 Å². The number of hydrogen-bond acceptors (Lipinski definition) is 6. The molecule has 0 atom stereocenters. The minimum atomic E-state index is 0.00418. The summed E-state index contributed by atoms with van der Waals surface area (Å²) < 4.78 is 9.77. The molecule has 1 amide bonds. The molecule has 0 fully saturated rings. The Labute approximate surface area is 133 Å². The van der Waals surface area contributed by atoms with Crippen LogP contribution in [0.4, 0.5) is 5.13 Å². The number of carbonyl (C=O) groups is 1. The summed E-state index contributed by atoms with van der Waals surface area (Å²) >= 11 is 1.35. The Hall–Kier alpha value is -2.15. The molecule has 0 spiro atoms. The number of ether oxygens (including phenoxy) is 1. The van der Waals surface area contributed by atoms with Crippen molar-refractivity contribution in [1.82, 2.24) is 14.3 Å². The summed E-state index contributed by atoms with van der Waals surface area (Å²) in [5.41, 5.74) is 1.04. The summed E-state index contributed by atoms with van der Waals surface area (Å²) in [7, 11) is 0. The Balaban J connectivity index is 1.58. The lowest BCUT2D eigenvalue weighted by atomic mass is 10.2. The fraction of sp³-hybridized carbons (Fsp3) is 0.400. The maximum Gasteiger partial charge on any atom is 0.260 e. The molecule has 7 heteroatoms. The zero-order chi connectivity index (χ0) is 15.4. The third kappa shape index (κ3) is 3.36. The SMILES string of the molecule is CCc1nsc(NCCN2Cc3ccccc3OCC2=O)n1. The van der Waals surface area contributed by atoms with E-state index in [0.29, 0.717) is 19.6 Å². The molecule has 0 radical (unpaired) electrons. The zero-order valence-electron chi connectivity index (χ0n) is 12.4. The van der Waals surface area contributed by atoms with E-state index in [2.05, 4.69) is 14.7 Å². The van der Waals surface area contributed by atoms with Gasteiger partial charge in [-0.2, -0.15) is 4.37 Å². The predicted octanol–water partition coefficient (Wildman–Crippen LogP) is 1.93. The van der Waals surface area contributed by atoms with Gasteiger partial charge in [0.05, 0.1) is 0 Å². The van der Waals surface area contributed by atoms with Gasteiger partial charge in [0.2, 0.25) is 5.13 Å². The molecule has 0 saturated carbocycles. The van der Waals surface area contributed by atoms with E-state index in [9.17, 15) is 4.79 Å². The van der Waals surface area contributed by atoms with Crippen molar-refractivity contribution in [3.8, 4) is 5.75 Å². The van der Waals surface area contributed by atoms with Crippen LogP contribution in [0.25, 0.3) is 0 Å². The number of rotatable bonds is 5. The molecule has 1 aliphatic heterocycles. The lowest BCUT2D eigenvalue weighted by Gasteiger charge is -2.19. The highest BCUT2D eigenvalue weighted by atomic mass is 32.1. The number of nitrogens with zero attached hydrogens (tertiary/aromatic N) is 3. The van der Waals surface area contributed by atoms with Crippen molar-refractivity contribution < 1.29 is 9.53 Å². The summed E-state index contributed by atoms with van der Waals surface area (Å²) in [4.78, 5) is 18.3. The van der Waals surface area contributed by atoms with Gasteiger partial charge in [-0.1, -0.05) is 25.1 Å². The normalized spacial score (nSPS) is 14.2. The maximum absolute atomic E-state index is 12.1. The molecule has 1 N–H and O–H groups in total. The number of carbonyl (C=O) groups excluding carboxylic acids is 1. The van der Waals surface area contributed by atoms with E-state index in [0.717, 1.165) is 28.7 Å². The third-order valence-corrected chi connectivity index (χ3v) is 4.19. The molecule has 6 nitrogen and oxygen atoms in total. The average molecular weight is 318 g/mol. The largest absolute Gasteiger partial charge is 0.483 e. The number of para-hydroxylation sites is 1. The Morgan fingerprint density at radius 2 is 2.27 bits per heavy atom. The van der Waals surface area contributed by atoms with Gasteiger partial charge in [0, 0.05) is 43.2 Å². The Bertz CT molecular complexity index is 658. The van der Waals surface area contributed by atoms with E-state index in [1.165, 1.54) is 11.5 Å². The van der Waals surface area contributed by atoms with Crippen LogP contribution < -0.4 is 10.1 Å². The molecule has 0 saturated heterocycles. The van der Waals surface area contributed by atoms with Crippen LogP contribution in [0, 0.1) is 0 Å². The first-order chi connectivity index (χ1) is 10.8. The monoisotopic (exact) mass is 318 g/mol. The second-order valence-corrected chi connectivity index (χ2v) is 5.76. The number of benzene rings is 1. The number of anilines is 1. The number of nitrogens with one attached hydrogen (secondary N) is 1. The number of amides is 1. The second kappa shape index (κ2) is 6.74. The molecule has 1 aliphatic rings. The van der Waals surface area contributed by atoms with Crippen molar-refractivity contribution >= 4 is 22.6 Å². The van der Waals surface area contributed by atoms with Gasteiger partial charge in [-0.15, -0.1) is 0 Å². The smallest absolute Gasteiger partial charge is 0.260 e. The summed E-state index contributed by atoms with van der Waals surface area (Å²) in [5, 5.41) is 4.02. The number of aryl methyl sites for hydroxylation is 1. The van der Waals surface area contributed by atoms with Gasteiger partial charge < -0.3 is 15.0 Å². The Kier molecular flexibility index (Phi) is 4.53. The molecule has 2 aromatic rings. The van der Waals surface area contributed by atoms with Gasteiger partial charge in [0.1, 0.15) is 11.6 Å². The predicted molar refractivity (Wildman–Crippen MR) is 85.1 cm³/mol. The van der Waals surface area contributed by atoms with Crippen LogP contribution in [0.2, 0.25) is 0 Å². The summed E-state index contributed by atoms with van der Waals surface area (Å²) in [6.07, 6.45) is 0.830. The third-order valence-electron chi connectivity index (χ3n) is 3.48. The molecule has 0 unspecified atom stereocenters. The van der Waals surface area contributed by atoms with Crippen molar-refractivity contribution in [2.24, 2.45) is 0 Å². The number of aromatic nitrogens is 2. The molecule has 1 aromatic carbocycles. The van der Waals surface area contributed by atoms with E-state index in [4.69, 9.17) is 4.74 Å². The molecular formula is C15H18N4O2S. The van der Waals surface area contributed by atoms with Gasteiger partial charge in [-0.25, -0.2) is 4.98 Å². The van der Waals surface area contributed by atoms with Crippen LogP contribution in [0.3, 0.4) is 0 Å². The Morgan fingerprint density at radius 3 is 3.09 bits per heavy atom. The second-order valence-electron chi connectivity index (χ2n) is 5.01. The van der Waals surface area contributed by atoms with Crippen LogP contribution in [-0.4, -0.2) is 39.9 Å². The molecule has 22 heavy (non-hydrogen) atoms. The molecule has 0 bridgehead atoms. The quantitative estimate of drug-likeness (QED) is 0.912. The minimum absolute atomic E-state index is 0.00418. The van der Waals surface area contributed by atoms with Crippen LogP contribution in [0.15, 0.2) is 24.3 Å². The van der Waals surface area contributed by atoms with Gasteiger partial charge in [0.15, 0.2) is 6.61 Å². The fourth-order valence-corrected chi connectivity index (χ4v) is 2.95. The van der Waals surface area contributed by atoms with Crippen LogP contribution in [0.5, 0.6) is 5.75 Å². The van der Waals surface area contributed by atoms with Crippen LogP contribution in [0.1, 0.15) is 18.3 Å². The Morgan fingerprint density at radius 1 is 1.41 bits per heavy atom. The first-order valence-corrected chi connectivity index (χ1v) is 8.08. The van der Waals surface area contributed by atoms with E-state index in [1.54, 1.807) is 4.90 Å². The van der Waals surface area contributed by atoms with Crippen molar-refractivity contribution in [1.29, 1.82) is 0 Å². The van der Waals surface area contributed by atoms with Gasteiger partial charge in [-0.3, -0.25) is 4.79 Å². The zero-order valence-corrected chi connectivity index (χ0v) is 13.2. The lowest BCUT2D eigenvalue weighted by Crippen LogP contribution is -2.36. The number of fused-ring (bicyclic) bond motifs is 1. The van der Waals surface area contributed by atoms with Gasteiger partial charge in [0.25, 0.3) is 5.91 Å². The molecule has 0 aliphatic carbocycles. The molecule has 116 valence electrons. The number of hydrogen-bond donors (Lipinski definition) is 1. The fourth-order valence-electron chi connectivity index (χ4n) is 2.27. The maximum atomic E-state index is 12.1. The lowest BCUT2D eigenvalue weighted by molar-refractivity contribution is -0.133. The van der Waals surface area contributed by atoms with E-state index < -0.39 is 0 Å². The molecule has 2 heterocycles. The molecule has 1 aromatic heterocycles. The topological polar surface area (TPSA) is 67.3 Å². The van der Waals surface area contributed by atoms with Crippen molar-refractivity contribution in [3.05, 3.63) is 35.7 Å². The van der Waals surface area contributed by atoms with Crippen LogP contribution >= 0.6 is 11.5 Å². The van der Waals surface area contributed by atoms with Gasteiger partial charge in [-0.05, 0) is 6.07 Å². The minimum Gasteiger partial charge on any atom is -0.483 e. The summed E-state index contributed by atoms with van der Waals surface area (Å²) in [6, 6.07) is 7.77. The summed E-state index contributed by atoms with van der Waals surface area (Å²) in [5.74, 6) is 1.65. The highest BCUT2D eigenvalue weighted by Gasteiger charge is 2.20. The first kappa shape index (κ1) is 14.8. The van der Waals surface area contributed by atoms with Crippen molar-refractivity contribution in [2.45, 2.75) is 19.9 Å². The first-order valence-electron chi connectivity index (χ1n) is 7.31. The van der Waals surface area contributed by atoms with E-state index >= 15 is 0 Å². The van der Waals surface area contributed by atoms with Crippen molar-refractivity contribution in [2.75, 3.05) is 25.0 Å².